The Kier molecular flexibility index (Phi) is 7.20. The predicted octanol–water partition coefficient (Wildman–Crippen LogP) is 6.44. The molecular formula is C19H20Cl2F6N3O+. The Hall–Kier alpha value is -1.81. The number of ether oxygens (including phenoxy) is 1. The van der Waals surface area contributed by atoms with Gasteiger partial charge >= 0.3 is 12.1 Å². The Morgan fingerprint density at radius 3 is 2.35 bits per heavy atom. The summed E-state index contributed by atoms with van der Waals surface area (Å²) in [6, 6.07) is 2.18. The summed E-state index contributed by atoms with van der Waals surface area (Å²) >= 11 is 11.9. The highest BCUT2D eigenvalue weighted by atomic mass is 35.5. The molecule has 1 aromatic carbocycles. The number of imidazole rings is 1. The summed E-state index contributed by atoms with van der Waals surface area (Å²) < 4.78 is 87.3. The van der Waals surface area contributed by atoms with Crippen LogP contribution in [0.15, 0.2) is 18.3 Å². The molecule has 0 atom stereocenters. The van der Waals surface area contributed by atoms with E-state index in [0.29, 0.717) is 0 Å². The molecule has 1 heterocycles. The van der Waals surface area contributed by atoms with Gasteiger partial charge in [0.05, 0.1) is 29.1 Å². The number of anilines is 2. The van der Waals surface area contributed by atoms with E-state index < -0.39 is 37.0 Å². The van der Waals surface area contributed by atoms with Crippen LogP contribution < -0.4 is 14.6 Å². The molecule has 1 aliphatic carbocycles. The fourth-order valence-corrected chi connectivity index (χ4v) is 4.09. The quantitative estimate of drug-likeness (QED) is 0.287. The van der Waals surface area contributed by atoms with E-state index in [4.69, 9.17) is 27.9 Å². The SMILES string of the molecule is C[n+]1cc(OCC(F)F)n(C2CCC(C(F)(F)F)CC2)c1Nc1c(Cl)ccc(Cl)c1F. The zero-order chi connectivity index (χ0) is 22.9. The average Bonchev–Trinajstić information content (AvgIpc) is 3.01. The maximum Gasteiger partial charge on any atom is 0.391 e. The van der Waals surface area contributed by atoms with Gasteiger partial charge in [-0.2, -0.15) is 17.7 Å². The third-order valence-corrected chi connectivity index (χ3v) is 5.87. The number of rotatable bonds is 6. The third kappa shape index (κ3) is 5.34. The third-order valence-electron chi connectivity index (χ3n) is 5.27. The molecule has 0 spiro atoms. The van der Waals surface area contributed by atoms with Crippen molar-refractivity contribution < 1.29 is 35.6 Å². The lowest BCUT2D eigenvalue weighted by atomic mass is 9.85. The number of halogens is 8. The summed E-state index contributed by atoms with van der Waals surface area (Å²) in [5.74, 6) is -2.01. The van der Waals surface area contributed by atoms with Gasteiger partial charge in [0.25, 0.3) is 12.3 Å². The van der Waals surface area contributed by atoms with Crippen LogP contribution in [0.4, 0.5) is 38.0 Å². The van der Waals surface area contributed by atoms with E-state index in [1.807, 2.05) is 0 Å². The Morgan fingerprint density at radius 2 is 1.77 bits per heavy atom. The molecule has 0 saturated heterocycles. The fraction of sp³-hybridized carbons (Fsp3) is 0.526. The van der Waals surface area contributed by atoms with Crippen LogP contribution in [0.1, 0.15) is 31.7 Å². The van der Waals surface area contributed by atoms with Crippen molar-refractivity contribution in [1.29, 1.82) is 0 Å². The lowest BCUT2D eigenvalue weighted by Crippen LogP contribution is -2.33. The van der Waals surface area contributed by atoms with Gasteiger partial charge in [-0.1, -0.05) is 23.2 Å². The Labute approximate surface area is 184 Å². The van der Waals surface area contributed by atoms with Crippen LogP contribution in [0, 0.1) is 11.7 Å². The number of aromatic nitrogens is 2. The Bertz CT molecular complexity index is 926. The summed E-state index contributed by atoms with van der Waals surface area (Å²) in [5.41, 5.74) is -0.145. The minimum Gasteiger partial charge on any atom is -0.460 e. The number of nitrogens with zero attached hydrogens (tertiary/aromatic N) is 2. The minimum absolute atomic E-state index is 0.0190. The zero-order valence-electron chi connectivity index (χ0n) is 16.3. The lowest BCUT2D eigenvalue weighted by molar-refractivity contribution is -0.656. The topological polar surface area (TPSA) is 30.1 Å². The van der Waals surface area contributed by atoms with Crippen molar-refractivity contribution in [2.45, 2.75) is 44.3 Å². The zero-order valence-corrected chi connectivity index (χ0v) is 17.8. The first-order valence-corrected chi connectivity index (χ1v) is 10.2. The van der Waals surface area contributed by atoms with Crippen LogP contribution in [-0.2, 0) is 7.05 Å². The van der Waals surface area contributed by atoms with Crippen molar-refractivity contribution in [2.24, 2.45) is 13.0 Å². The van der Waals surface area contributed by atoms with E-state index in [2.05, 4.69) is 5.32 Å². The van der Waals surface area contributed by atoms with Gasteiger partial charge in [0, 0.05) is 0 Å². The largest absolute Gasteiger partial charge is 0.460 e. The second-order valence-electron chi connectivity index (χ2n) is 7.36. The van der Waals surface area contributed by atoms with Crippen molar-refractivity contribution in [3.8, 4) is 5.88 Å². The molecule has 0 unspecified atom stereocenters. The van der Waals surface area contributed by atoms with Crippen LogP contribution >= 0.6 is 23.2 Å². The lowest BCUT2D eigenvalue weighted by Gasteiger charge is -2.29. The van der Waals surface area contributed by atoms with E-state index in [0.717, 1.165) is 0 Å². The van der Waals surface area contributed by atoms with Crippen LogP contribution in [0.25, 0.3) is 0 Å². The van der Waals surface area contributed by atoms with Crippen LogP contribution in [0.5, 0.6) is 5.88 Å². The summed E-state index contributed by atoms with van der Waals surface area (Å²) in [7, 11) is 1.56. The summed E-state index contributed by atoms with van der Waals surface area (Å²) in [4.78, 5) is 0. The van der Waals surface area contributed by atoms with Crippen molar-refractivity contribution >= 4 is 34.8 Å². The first-order valence-electron chi connectivity index (χ1n) is 9.48. The van der Waals surface area contributed by atoms with Crippen LogP contribution in [0.2, 0.25) is 10.0 Å². The molecule has 3 rings (SSSR count). The number of aryl methyl sites for hydroxylation is 1. The number of benzene rings is 1. The number of nitrogens with one attached hydrogen (secondary N) is 1. The molecule has 172 valence electrons. The Balaban J connectivity index is 1.97. The van der Waals surface area contributed by atoms with Gasteiger partial charge in [0.1, 0.15) is 6.20 Å². The summed E-state index contributed by atoms with van der Waals surface area (Å²) in [6.45, 7) is -0.895. The van der Waals surface area contributed by atoms with Gasteiger partial charge in [-0.05, 0) is 37.8 Å². The molecule has 0 amide bonds. The predicted molar refractivity (Wildman–Crippen MR) is 104 cm³/mol. The molecule has 4 nitrogen and oxygen atoms in total. The van der Waals surface area contributed by atoms with Gasteiger partial charge < -0.3 is 4.74 Å². The molecular weight excluding hydrogens is 471 g/mol. The molecule has 0 aliphatic heterocycles. The van der Waals surface area contributed by atoms with Gasteiger partial charge in [-0.15, -0.1) is 0 Å². The molecule has 0 radical (unpaired) electrons. The normalized spacial score (nSPS) is 19.7. The van der Waals surface area contributed by atoms with Gasteiger partial charge in [0.15, 0.2) is 18.1 Å². The standard InChI is InChI=1S/C19H19Cl2F6N3O/c1-29-8-15(31-9-14(22)23)30(11-4-2-10(3-5-11)19(25,26)27)18(29)28-17-13(21)7-6-12(20)16(17)24/h6-8,10-11,14H,2-5,9H2,1H3/p+1. The summed E-state index contributed by atoms with van der Waals surface area (Å²) in [5, 5.41) is 2.64. The summed E-state index contributed by atoms with van der Waals surface area (Å²) in [6.07, 6.45) is -5.58. The highest BCUT2D eigenvalue weighted by Crippen LogP contribution is 2.43. The van der Waals surface area contributed by atoms with Crippen molar-refractivity contribution in [3.63, 3.8) is 0 Å². The monoisotopic (exact) mass is 490 g/mol. The molecule has 2 aromatic rings. The van der Waals surface area contributed by atoms with Crippen molar-refractivity contribution in [2.75, 3.05) is 11.9 Å². The van der Waals surface area contributed by atoms with Gasteiger partial charge in [0.2, 0.25) is 0 Å². The number of hydrogen-bond donors (Lipinski definition) is 1. The van der Waals surface area contributed by atoms with E-state index in [-0.39, 0.29) is 53.2 Å². The molecule has 1 aliphatic rings. The molecule has 31 heavy (non-hydrogen) atoms. The van der Waals surface area contributed by atoms with Crippen LogP contribution in [0.3, 0.4) is 0 Å². The number of alkyl halides is 5. The van der Waals surface area contributed by atoms with E-state index in [9.17, 15) is 26.3 Å². The second-order valence-corrected chi connectivity index (χ2v) is 8.18. The van der Waals surface area contributed by atoms with E-state index in [1.165, 1.54) is 27.5 Å². The molecule has 1 saturated carbocycles. The maximum absolute atomic E-state index is 14.5. The number of hydrogen-bond acceptors (Lipinski definition) is 2. The van der Waals surface area contributed by atoms with Gasteiger partial charge in [-0.3, -0.25) is 0 Å². The van der Waals surface area contributed by atoms with Crippen molar-refractivity contribution in [3.05, 3.63) is 34.2 Å². The highest BCUT2D eigenvalue weighted by molar-refractivity contribution is 6.35. The average molecular weight is 491 g/mol. The molecule has 1 N–H and O–H groups in total. The fourth-order valence-electron chi connectivity index (χ4n) is 3.73. The van der Waals surface area contributed by atoms with Crippen molar-refractivity contribution in [1.82, 2.24) is 4.57 Å². The molecule has 1 fully saturated rings. The van der Waals surface area contributed by atoms with Gasteiger partial charge in [-0.25, -0.2) is 23.1 Å². The second kappa shape index (κ2) is 9.36. The molecule has 12 heteroatoms. The van der Waals surface area contributed by atoms with E-state index in [1.54, 1.807) is 7.05 Å². The highest BCUT2D eigenvalue weighted by Gasteiger charge is 2.43. The maximum atomic E-state index is 14.5. The first-order chi connectivity index (χ1) is 14.5. The Morgan fingerprint density at radius 1 is 1.16 bits per heavy atom. The van der Waals surface area contributed by atoms with E-state index >= 15 is 0 Å². The smallest absolute Gasteiger partial charge is 0.391 e. The first kappa shape index (κ1) is 23.8. The minimum atomic E-state index is -4.29. The molecule has 0 bridgehead atoms. The molecule has 1 aromatic heterocycles. The van der Waals surface area contributed by atoms with Crippen LogP contribution in [-0.4, -0.2) is 23.8 Å².